The van der Waals surface area contributed by atoms with Crippen LogP contribution in [-0.4, -0.2) is 17.7 Å². The van der Waals surface area contributed by atoms with E-state index in [2.05, 4.69) is 4.85 Å². The van der Waals surface area contributed by atoms with Crippen LogP contribution in [0, 0.1) is 12.4 Å². The van der Waals surface area contributed by atoms with Gasteiger partial charge in [0.1, 0.15) is 12.4 Å². The van der Waals surface area contributed by atoms with E-state index in [9.17, 15) is 9.18 Å². The van der Waals surface area contributed by atoms with Crippen molar-refractivity contribution in [2.24, 2.45) is 0 Å². The smallest absolute Gasteiger partial charge is 0.335 e. The van der Waals surface area contributed by atoms with Gasteiger partial charge in [0.15, 0.2) is 0 Å². The van der Waals surface area contributed by atoms with Gasteiger partial charge in [0, 0.05) is 12.5 Å². The van der Waals surface area contributed by atoms with Gasteiger partial charge in [-0.05, 0) is 12.1 Å². The predicted octanol–water partition coefficient (Wildman–Crippen LogP) is 2.23. The van der Waals surface area contributed by atoms with Crippen molar-refractivity contribution in [2.45, 2.75) is 19.1 Å². The molecule has 1 N–H and O–H groups in total. The zero-order valence-corrected chi connectivity index (χ0v) is 9.24. The molecule has 0 aliphatic carbocycles. The molecule has 0 unspecified atom stereocenters. The number of carboxylic acid groups (broad SMARTS) is 1. The van der Waals surface area contributed by atoms with E-state index in [1.54, 1.807) is 6.92 Å². The fraction of sp³-hybridized carbons (Fsp3) is 0.333. The summed E-state index contributed by atoms with van der Waals surface area (Å²) in [4.78, 5) is 14.6. The maximum absolute atomic E-state index is 13.7. The van der Waals surface area contributed by atoms with Crippen molar-refractivity contribution >= 4 is 5.97 Å². The quantitative estimate of drug-likeness (QED) is 0.813. The number of rotatable bonds is 1. The second-order valence-corrected chi connectivity index (χ2v) is 4.19. The van der Waals surface area contributed by atoms with Crippen LogP contribution >= 0.6 is 0 Å². The van der Waals surface area contributed by atoms with Crippen molar-refractivity contribution in [1.82, 2.24) is 0 Å². The van der Waals surface area contributed by atoms with Crippen LogP contribution in [0.25, 0.3) is 4.85 Å². The summed E-state index contributed by atoms with van der Waals surface area (Å²) in [7, 11) is 0. The van der Waals surface area contributed by atoms with Crippen molar-refractivity contribution in [3.63, 3.8) is 0 Å². The topological polar surface area (TPSA) is 50.9 Å². The van der Waals surface area contributed by atoms with Crippen LogP contribution in [0.5, 0.6) is 0 Å². The van der Waals surface area contributed by atoms with E-state index in [1.165, 1.54) is 6.07 Å². The van der Waals surface area contributed by atoms with Crippen LogP contribution in [0.1, 0.15) is 28.4 Å². The SMILES string of the molecule is C#[N+][C@@]1(C)COCc2c(F)cc(C(=O)O)cc21. The molecule has 0 aromatic heterocycles. The number of hydrogen-bond acceptors (Lipinski definition) is 2. The van der Waals surface area contributed by atoms with Gasteiger partial charge in [-0.15, -0.1) is 0 Å². The van der Waals surface area contributed by atoms with E-state index < -0.39 is 17.3 Å². The van der Waals surface area contributed by atoms with Crippen molar-refractivity contribution in [3.05, 3.63) is 39.5 Å². The van der Waals surface area contributed by atoms with Gasteiger partial charge in [-0.3, -0.25) is 0 Å². The number of ether oxygens (including phenoxy) is 1. The minimum absolute atomic E-state index is 0.103. The van der Waals surface area contributed by atoms with Crippen molar-refractivity contribution in [2.75, 3.05) is 6.61 Å². The molecular formula is C12H11FNO3+. The maximum atomic E-state index is 13.7. The molecule has 1 aromatic carbocycles. The molecule has 0 amide bonds. The summed E-state index contributed by atoms with van der Waals surface area (Å²) >= 11 is 0. The summed E-state index contributed by atoms with van der Waals surface area (Å²) in [5.74, 6) is -1.79. The van der Waals surface area contributed by atoms with E-state index in [0.717, 1.165) is 6.07 Å². The molecule has 0 saturated heterocycles. The lowest BCUT2D eigenvalue weighted by Gasteiger charge is -2.23. The van der Waals surface area contributed by atoms with E-state index in [0.29, 0.717) is 11.1 Å². The maximum Gasteiger partial charge on any atom is 0.335 e. The largest absolute Gasteiger partial charge is 0.478 e. The summed E-state index contributed by atoms with van der Waals surface area (Å²) in [6.45, 7) is 7.29. The molecule has 1 aliphatic heterocycles. The molecule has 0 bridgehead atoms. The van der Waals surface area contributed by atoms with Gasteiger partial charge in [-0.25, -0.2) is 9.18 Å². The Morgan fingerprint density at radius 3 is 2.94 bits per heavy atom. The average Bonchev–Trinajstić information content (AvgIpc) is 2.30. The lowest BCUT2D eigenvalue weighted by molar-refractivity contribution is 0.0672. The fourth-order valence-electron chi connectivity index (χ4n) is 1.92. The predicted molar refractivity (Wildman–Crippen MR) is 58.7 cm³/mol. The Morgan fingerprint density at radius 1 is 1.65 bits per heavy atom. The highest BCUT2D eigenvalue weighted by Crippen LogP contribution is 2.35. The summed E-state index contributed by atoms with van der Waals surface area (Å²) in [5.41, 5.74) is -0.223. The molecule has 2 rings (SSSR count). The van der Waals surface area contributed by atoms with E-state index in [1.807, 2.05) is 0 Å². The number of carbonyl (C=O) groups is 1. The lowest BCUT2D eigenvalue weighted by Crippen LogP contribution is -2.31. The van der Waals surface area contributed by atoms with Crippen molar-refractivity contribution < 1.29 is 19.0 Å². The second-order valence-electron chi connectivity index (χ2n) is 4.19. The molecule has 0 spiro atoms. The molecule has 5 heteroatoms. The van der Waals surface area contributed by atoms with E-state index in [4.69, 9.17) is 16.4 Å². The third-order valence-corrected chi connectivity index (χ3v) is 2.94. The summed E-state index contributed by atoms with van der Waals surface area (Å²) in [6, 6.07) is 2.38. The molecule has 17 heavy (non-hydrogen) atoms. The Balaban J connectivity index is 2.68. The second kappa shape index (κ2) is 3.82. The zero-order chi connectivity index (χ0) is 12.6. The lowest BCUT2D eigenvalue weighted by atomic mass is 9.86. The molecule has 1 atom stereocenters. The Bertz CT molecular complexity index is 535. The first kappa shape index (κ1) is 11.6. The number of nitrogens with zero attached hydrogens (tertiary/aromatic N) is 1. The van der Waals surface area contributed by atoms with Gasteiger partial charge in [-0.1, -0.05) is 4.85 Å². The van der Waals surface area contributed by atoms with Crippen LogP contribution in [-0.2, 0) is 16.9 Å². The molecule has 0 saturated carbocycles. The highest BCUT2D eigenvalue weighted by Gasteiger charge is 2.44. The van der Waals surface area contributed by atoms with Crippen LogP contribution in [0.4, 0.5) is 4.39 Å². The van der Waals surface area contributed by atoms with Gasteiger partial charge in [0.05, 0.1) is 17.7 Å². The molecule has 1 heterocycles. The van der Waals surface area contributed by atoms with E-state index >= 15 is 0 Å². The molecule has 1 aliphatic rings. The molecule has 1 aromatic rings. The Morgan fingerprint density at radius 2 is 2.35 bits per heavy atom. The first-order valence-corrected chi connectivity index (χ1v) is 5.04. The number of fused-ring (bicyclic) bond motifs is 1. The van der Waals surface area contributed by atoms with Crippen LogP contribution < -0.4 is 0 Å². The summed E-state index contributed by atoms with van der Waals surface area (Å²) < 4.78 is 19.0. The zero-order valence-electron chi connectivity index (χ0n) is 9.24. The number of carboxylic acids is 1. The number of halogens is 1. The molecule has 0 fully saturated rings. The third-order valence-electron chi connectivity index (χ3n) is 2.94. The minimum atomic E-state index is -1.18. The number of aromatic carboxylic acids is 1. The number of benzene rings is 1. The monoisotopic (exact) mass is 236 g/mol. The highest BCUT2D eigenvalue weighted by atomic mass is 19.1. The highest BCUT2D eigenvalue weighted by molar-refractivity contribution is 5.88. The standard InChI is InChI=1S/C12H10FNO3/c1-12(14-2)6-17-5-8-9(12)3-7(11(15)16)4-10(8)13/h2-4H,5-6H2,1H3/p+1/t12-/m0/s1. The normalized spacial score (nSPS) is 22.6. The Kier molecular flexibility index (Phi) is 2.60. The fourth-order valence-corrected chi connectivity index (χ4v) is 1.92. The molecular weight excluding hydrogens is 225 g/mol. The van der Waals surface area contributed by atoms with E-state index in [-0.39, 0.29) is 18.8 Å². The third kappa shape index (κ3) is 1.77. The molecule has 88 valence electrons. The molecule has 0 radical (unpaired) electrons. The minimum Gasteiger partial charge on any atom is -0.478 e. The molecule has 4 nitrogen and oxygen atoms in total. The van der Waals surface area contributed by atoms with Crippen molar-refractivity contribution in [3.8, 4) is 6.57 Å². The van der Waals surface area contributed by atoms with Gasteiger partial charge < -0.3 is 9.84 Å². The average molecular weight is 236 g/mol. The summed E-state index contributed by atoms with van der Waals surface area (Å²) in [6.07, 6.45) is 0. The first-order valence-electron chi connectivity index (χ1n) is 5.04. The number of hydrogen-bond donors (Lipinski definition) is 1. The summed E-state index contributed by atoms with van der Waals surface area (Å²) in [5, 5.41) is 8.89. The van der Waals surface area contributed by atoms with Crippen LogP contribution in [0.3, 0.4) is 0 Å². The Labute approximate surface area is 97.5 Å². The van der Waals surface area contributed by atoms with Crippen LogP contribution in [0.2, 0.25) is 0 Å². The van der Waals surface area contributed by atoms with Gasteiger partial charge >= 0.3 is 11.5 Å². The first-order chi connectivity index (χ1) is 7.98. The Hall–Kier alpha value is -1.93. The van der Waals surface area contributed by atoms with Crippen LogP contribution in [0.15, 0.2) is 12.1 Å². The van der Waals surface area contributed by atoms with Gasteiger partial charge in [0.25, 0.3) is 6.57 Å². The van der Waals surface area contributed by atoms with Crippen molar-refractivity contribution in [1.29, 1.82) is 0 Å². The van der Waals surface area contributed by atoms with Gasteiger partial charge in [-0.2, -0.15) is 0 Å². The van der Waals surface area contributed by atoms with Gasteiger partial charge in [0.2, 0.25) is 0 Å².